The largest absolute Gasteiger partial charge is 0.497 e. The van der Waals surface area contributed by atoms with Crippen LogP contribution >= 0.6 is 11.3 Å². The van der Waals surface area contributed by atoms with Crippen LogP contribution < -0.4 is 10.1 Å². The van der Waals surface area contributed by atoms with Crippen molar-refractivity contribution in [2.75, 3.05) is 19.0 Å². The molecule has 30 heavy (non-hydrogen) atoms. The third-order valence-corrected chi connectivity index (χ3v) is 5.77. The smallest absolute Gasteiger partial charge is 0.254 e. The molecule has 1 N–H and O–H groups in total. The molecule has 0 radical (unpaired) electrons. The van der Waals surface area contributed by atoms with Gasteiger partial charge in [0.2, 0.25) is 11.0 Å². The molecule has 7 nitrogen and oxygen atoms in total. The molecule has 1 unspecified atom stereocenters. The number of carbonyl (C=O) groups excluding carboxylic acids is 2. The van der Waals surface area contributed by atoms with Crippen LogP contribution in [0.4, 0.5) is 9.52 Å². The molecule has 0 saturated carbocycles. The zero-order chi connectivity index (χ0) is 21.1. The lowest BCUT2D eigenvalue weighted by Crippen LogP contribution is -2.43. The SMILES string of the molecule is COc1cccc(-c2nnc(NC(=O)C3CCCN3C(=O)c3ccc(F)cc3)s2)c1. The number of hydrogen-bond donors (Lipinski definition) is 1. The standard InChI is InChI=1S/C21H19FN4O3S/c1-29-16-5-2-4-14(12-16)19-24-25-21(30-19)23-18(27)17-6-3-11-26(17)20(28)13-7-9-15(22)10-8-13/h2,4-5,7-10,12,17H,3,6,11H2,1H3,(H,23,25,27). The molecule has 154 valence electrons. The summed E-state index contributed by atoms with van der Waals surface area (Å²) in [4.78, 5) is 27.1. The van der Waals surface area contributed by atoms with Crippen LogP contribution in [-0.4, -0.2) is 46.6 Å². The predicted octanol–water partition coefficient (Wildman–Crippen LogP) is 3.60. The van der Waals surface area contributed by atoms with Crippen LogP contribution in [0, 0.1) is 5.82 Å². The number of methoxy groups -OCH3 is 1. The van der Waals surface area contributed by atoms with Crippen molar-refractivity contribution < 1.29 is 18.7 Å². The monoisotopic (exact) mass is 426 g/mol. The first-order valence-electron chi connectivity index (χ1n) is 9.40. The van der Waals surface area contributed by atoms with E-state index in [0.717, 1.165) is 12.0 Å². The summed E-state index contributed by atoms with van der Waals surface area (Å²) in [6.07, 6.45) is 1.27. The number of aromatic nitrogens is 2. The fourth-order valence-electron chi connectivity index (χ4n) is 3.38. The Labute approximate surface area is 176 Å². The van der Waals surface area contributed by atoms with Crippen LogP contribution in [0.3, 0.4) is 0 Å². The summed E-state index contributed by atoms with van der Waals surface area (Å²) in [5.74, 6) is -0.308. The topological polar surface area (TPSA) is 84.4 Å². The summed E-state index contributed by atoms with van der Waals surface area (Å²) in [6.45, 7) is 0.472. The number of carbonyl (C=O) groups is 2. The number of nitrogens with zero attached hydrogens (tertiary/aromatic N) is 3. The molecule has 2 amide bonds. The van der Waals surface area contributed by atoms with Crippen molar-refractivity contribution in [3.05, 3.63) is 59.9 Å². The maximum Gasteiger partial charge on any atom is 0.254 e. The molecule has 3 aromatic rings. The molecule has 4 rings (SSSR count). The Bertz CT molecular complexity index is 1070. The number of likely N-dealkylation sites (tertiary alicyclic amines) is 1. The number of anilines is 1. The van der Waals surface area contributed by atoms with E-state index in [9.17, 15) is 14.0 Å². The van der Waals surface area contributed by atoms with Gasteiger partial charge in [-0.3, -0.25) is 14.9 Å². The lowest BCUT2D eigenvalue weighted by atomic mass is 10.1. The number of ether oxygens (including phenoxy) is 1. The van der Waals surface area contributed by atoms with Gasteiger partial charge in [-0.05, 0) is 49.2 Å². The van der Waals surface area contributed by atoms with Gasteiger partial charge < -0.3 is 9.64 Å². The van der Waals surface area contributed by atoms with Gasteiger partial charge in [-0.2, -0.15) is 0 Å². The van der Waals surface area contributed by atoms with Gasteiger partial charge in [0, 0.05) is 17.7 Å². The second kappa shape index (κ2) is 8.58. The summed E-state index contributed by atoms with van der Waals surface area (Å²) in [6, 6.07) is 12.1. The average Bonchev–Trinajstić information content (AvgIpc) is 3.44. The van der Waals surface area contributed by atoms with Crippen molar-refractivity contribution in [2.45, 2.75) is 18.9 Å². The lowest BCUT2D eigenvalue weighted by molar-refractivity contribution is -0.119. The summed E-state index contributed by atoms with van der Waals surface area (Å²) < 4.78 is 18.4. The van der Waals surface area contributed by atoms with E-state index in [4.69, 9.17) is 4.74 Å². The second-order valence-electron chi connectivity index (χ2n) is 6.80. The van der Waals surface area contributed by atoms with Crippen molar-refractivity contribution in [3.63, 3.8) is 0 Å². The van der Waals surface area contributed by atoms with Crippen LogP contribution in [0.2, 0.25) is 0 Å². The van der Waals surface area contributed by atoms with E-state index >= 15 is 0 Å². The molecule has 1 aliphatic heterocycles. The molecule has 1 saturated heterocycles. The van der Waals surface area contributed by atoms with Gasteiger partial charge in [-0.25, -0.2) is 4.39 Å². The van der Waals surface area contributed by atoms with Crippen molar-refractivity contribution in [1.29, 1.82) is 0 Å². The van der Waals surface area contributed by atoms with Gasteiger partial charge in [0.1, 0.15) is 22.6 Å². The van der Waals surface area contributed by atoms with Crippen LogP contribution in [-0.2, 0) is 4.79 Å². The number of amides is 2. The molecule has 1 aliphatic rings. The van der Waals surface area contributed by atoms with E-state index < -0.39 is 11.9 Å². The lowest BCUT2D eigenvalue weighted by Gasteiger charge is -2.23. The molecular weight excluding hydrogens is 407 g/mol. The number of hydrogen-bond acceptors (Lipinski definition) is 6. The van der Waals surface area contributed by atoms with E-state index in [1.807, 2.05) is 24.3 Å². The van der Waals surface area contributed by atoms with Crippen LogP contribution in [0.15, 0.2) is 48.5 Å². The Kier molecular flexibility index (Phi) is 5.71. The summed E-state index contributed by atoms with van der Waals surface area (Å²) in [5, 5.41) is 12.0. The number of benzene rings is 2. The van der Waals surface area contributed by atoms with Crippen molar-refractivity contribution in [3.8, 4) is 16.3 Å². The highest BCUT2D eigenvalue weighted by molar-refractivity contribution is 7.18. The third-order valence-electron chi connectivity index (χ3n) is 4.88. The average molecular weight is 426 g/mol. The van der Waals surface area contributed by atoms with E-state index in [-0.39, 0.29) is 11.8 Å². The summed E-state index contributed by atoms with van der Waals surface area (Å²) in [7, 11) is 1.59. The minimum atomic E-state index is -0.605. The highest BCUT2D eigenvalue weighted by atomic mass is 32.1. The maximum absolute atomic E-state index is 13.1. The summed E-state index contributed by atoms with van der Waals surface area (Å²) >= 11 is 1.25. The number of rotatable bonds is 5. The van der Waals surface area contributed by atoms with Gasteiger partial charge in [-0.15, -0.1) is 10.2 Å². The molecular formula is C21H19FN4O3S. The molecule has 0 bridgehead atoms. The Morgan fingerprint density at radius 2 is 2.00 bits per heavy atom. The van der Waals surface area contributed by atoms with E-state index in [1.165, 1.54) is 40.5 Å². The fraction of sp³-hybridized carbons (Fsp3) is 0.238. The van der Waals surface area contributed by atoms with Gasteiger partial charge in [0.05, 0.1) is 7.11 Å². The maximum atomic E-state index is 13.1. The third kappa shape index (κ3) is 4.16. The van der Waals surface area contributed by atoms with Crippen molar-refractivity contribution in [2.24, 2.45) is 0 Å². The molecule has 0 aliphatic carbocycles. The normalized spacial score (nSPS) is 15.8. The Morgan fingerprint density at radius 3 is 2.77 bits per heavy atom. The van der Waals surface area contributed by atoms with Gasteiger partial charge in [0.25, 0.3) is 5.91 Å². The van der Waals surface area contributed by atoms with Gasteiger partial charge >= 0.3 is 0 Å². The molecule has 2 aromatic carbocycles. The van der Waals surface area contributed by atoms with Crippen molar-refractivity contribution >= 4 is 28.3 Å². The van der Waals surface area contributed by atoms with E-state index in [2.05, 4.69) is 15.5 Å². The zero-order valence-electron chi connectivity index (χ0n) is 16.2. The number of halogens is 1. The first kappa shape index (κ1) is 20.0. The zero-order valence-corrected chi connectivity index (χ0v) is 17.0. The second-order valence-corrected chi connectivity index (χ2v) is 7.77. The first-order valence-corrected chi connectivity index (χ1v) is 10.2. The highest BCUT2D eigenvalue weighted by Crippen LogP contribution is 2.29. The summed E-state index contributed by atoms with van der Waals surface area (Å²) in [5.41, 5.74) is 1.19. The molecule has 2 heterocycles. The van der Waals surface area contributed by atoms with E-state index in [0.29, 0.717) is 34.4 Å². The Morgan fingerprint density at radius 1 is 1.20 bits per heavy atom. The van der Waals surface area contributed by atoms with Crippen molar-refractivity contribution in [1.82, 2.24) is 15.1 Å². The quantitative estimate of drug-likeness (QED) is 0.674. The predicted molar refractivity (Wildman–Crippen MR) is 111 cm³/mol. The van der Waals surface area contributed by atoms with E-state index in [1.54, 1.807) is 7.11 Å². The molecule has 1 aromatic heterocycles. The minimum Gasteiger partial charge on any atom is -0.497 e. The molecule has 1 fully saturated rings. The Balaban J connectivity index is 1.46. The first-order chi connectivity index (χ1) is 14.5. The Hall–Kier alpha value is -3.33. The van der Waals surface area contributed by atoms with Crippen LogP contribution in [0.5, 0.6) is 5.75 Å². The fourth-order valence-corrected chi connectivity index (χ4v) is 4.12. The van der Waals surface area contributed by atoms with Crippen LogP contribution in [0.1, 0.15) is 23.2 Å². The van der Waals surface area contributed by atoms with Crippen LogP contribution in [0.25, 0.3) is 10.6 Å². The van der Waals surface area contributed by atoms with Gasteiger partial charge in [-0.1, -0.05) is 23.5 Å². The van der Waals surface area contributed by atoms with Gasteiger partial charge in [0.15, 0.2) is 0 Å². The minimum absolute atomic E-state index is 0.290. The molecule has 9 heteroatoms. The highest BCUT2D eigenvalue weighted by Gasteiger charge is 2.35. The molecule has 1 atom stereocenters. The number of nitrogens with one attached hydrogen (secondary N) is 1. The molecule has 0 spiro atoms.